The number of rotatable bonds is 4. The highest BCUT2D eigenvalue weighted by Crippen LogP contribution is 2.37. The van der Waals surface area contributed by atoms with E-state index in [1.54, 1.807) is 14.2 Å². The minimum Gasteiger partial charge on any atom is -0.494 e. The first-order valence-electron chi connectivity index (χ1n) is 8.24. The third-order valence-corrected chi connectivity index (χ3v) is 4.94. The van der Waals surface area contributed by atoms with Crippen molar-refractivity contribution in [1.29, 1.82) is 0 Å². The van der Waals surface area contributed by atoms with Gasteiger partial charge in [0.25, 0.3) is 0 Å². The highest BCUT2D eigenvalue weighted by atomic mass is 35.5. The van der Waals surface area contributed by atoms with Gasteiger partial charge in [-0.25, -0.2) is 4.68 Å². The molecule has 5 heteroatoms. The summed E-state index contributed by atoms with van der Waals surface area (Å²) in [6, 6.07) is 15.8. The van der Waals surface area contributed by atoms with Gasteiger partial charge in [-0.3, -0.25) is 0 Å². The van der Waals surface area contributed by atoms with Crippen LogP contribution >= 0.6 is 11.6 Å². The van der Waals surface area contributed by atoms with E-state index in [1.807, 2.05) is 53.2 Å². The smallest absolute Gasteiger partial charge is 0.144 e. The average molecular weight is 355 g/mol. The standard InChI is InChI=1S/C20H19ClN2O2/c1-24-15-11-16-17(12-15)22-23(18-5-3-4-6-19(18)25-2)20(16)13-7-9-14(21)10-8-13/h3-10,15H,11-12H2,1-2H3/t15-/m1/s1. The molecular formula is C20H19ClN2O2. The van der Waals surface area contributed by atoms with Crippen molar-refractivity contribution in [2.24, 2.45) is 0 Å². The zero-order valence-electron chi connectivity index (χ0n) is 14.2. The Morgan fingerprint density at radius 1 is 1.04 bits per heavy atom. The van der Waals surface area contributed by atoms with Crippen LogP contribution in [0, 0.1) is 0 Å². The molecular weight excluding hydrogens is 336 g/mol. The number of fused-ring (bicyclic) bond motifs is 1. The molecule has 1 aliphatic carbocycles. The number of para-hydroxylation sites is 2. The normalized spacial score (nSPS) is 16.0. The molecule has 1 atom stereocenters. The number of benzene rings is 2. The molecule has 0 bridgehead atoms. The van der Waals surface area contributed by atoms with Crippen molar-refractivity contribution in [3.05, 3.63) is 64.8 Å². The average Bonchev–Trinajstić information content (AvgIpc) is 3.20. The number of hydrogen-bond donors (Lipinski definition) is 0. The quantitative estimate of drug-likeness (QED) is 0.700. The Balaban J connectivity index is 1.92. The van der Waals surface area contributed by atoms with E-state index in [1.165, 1.54) is 5.56 Å². The van der Waals surface area contributed by atoms with E-state index in [2.05, 4.69) is 0 Å². The minimum absolute atomic E-state index is 0.191. The summed E-state index contributed by atoms with van der Waals surface area (Å²) in [4.78, 5) is 0. The molecule has 0 aliphatic heterocycles. The summed E-state index contributed by atoms with van der Waals surface area (Å²) in [6.07, 6.45) is 1.88. The molecule has 1 aliphatic rings. The Kier molecular flexibility index (Phi) is 4.24. The van der Waals surface area contributed by atoms with Crippen molar-refractivity contribution in [1.82, 2.24) is 9.78 Å². The summed E-state index contributed by atoms with van der Waals surface area (Å²) in [5.41, 5.74) is 5.41. The van der Waals surface area contributed by atoms with Gasteiger partial charge < -0.3 is 9.47 Å². The zero-order chi connectivity index (χ0) is 17.4. The van der Waals surface area contributed by atoms with Gasteiger partial charge in [-0.05, 0) is 24.3 Å². The maximum absolute atomic E-state index is 6.08. The summed E-state index contributed by atoms with van der Waals surface area (Å²) in [5, 5.41) is 5.61. The van der Waals surface area contributed by atoms with E-state index in [9.17, 15) is 0 Å². The molecule has 3 aromatic rings. The fourth-order valence-electron chi connectivity index (χ4n) is 3.44. The van der Waals surface area contributed by atoms with Crippen LogP contribution in [-0.4, -0.2) is 30.1 Å². The Morgan fingerprint density at radius 3 is 2.52 bits per heavy atom. The van der Waals surface area contributed by atoms with Crippen LogP contribution in [0.3, 0.4) is 0 Å². The van der Waals surface area contributed by atoms with Crippen LogP contribution in [-0.2, 0) is 17.6 Å². The van der Waals surface area contributed by atoms with Crippen molar-refractivity contribution in [3.63, 3.8) is 0 Å². The summed E-state index contributed by atoms with van der Waals surface area (Å²) in [7, 11) is 3.44. The Bertz CT molecular complexity index is 903. The molecule has 1 heterocycles. The topological polar surface area (TPSA) is 36.3 Å². The predicted octanol–water partition coefficient (Wildman–Crippen LogP) is 4.31. The van der Waals surface area contributed by atoms with Gasteiger partial charge in [-0.1, -0.05) is 35.9 Å². The second-order valence-electron chi connectivity index (χ2n) is 6.13. The van der Waals surface area contributed by atoms with Gasteiger partial charge in [0.05, 0.1) is 24.6 Å². The lowest BCUT2D eigenvalue weighted by Crippen LogP contribution is -2.12. The fraction of sp³-hybridized carbons (Fsp3) is 0.250. The lowest BCUT2D eigenvalue weighted by atomic mass is 10.1. The van der Waals surface area contributed by atoms with Gasteiger partial charge in [-0.15, -0.1) is 0 Å². The van der Waals surface area contributed by atoms with E-state index in [4.69, 9.17) is 26.2 Å². The first-order valence-corrected chi connectivity index (χ1v) is 8.62. The van der Waals surface area contributed by atoms with Crippen LogP contribution in [0.15, 0.2) is 48.5 Å². The first-order chi connectivity index (χ1) is 12.2. The Hall–Kier alpha value is -2.30. The van der Waals surface area contributed by atoms with E-state index < -0.39 is 0 Å². The molecule has 0 spiro atoms. The summed E-state index contributed by atoms with van der Waals surface area (Å²) in [5.74, 6) is 0.794. The highest BCUT2D eigenvalue weighted by molar-refractivity contribution is 6.30. The van der Waals surface area contributed by atoms with Gasteiger partial charge in [0.1, 0.15) is 11.4 Å². The number of methoxy groups -OCH3 is 2. The van der Waals surface area contributed by atoms with Crippen LogP contribution in [0.5, 0.6) is 5.75 Å². The lowest BCUT2D eigenvalue weighted by molar-refractivity contribution is 0.111. The monoisotopic (exact) mass is 354 g/mol. The molecule has 0 radical (unpaired) electrons. The highest BCUT2D eigenvalue weighted by Gasteiger charge is 2.30. The number of nitrogens with zero attached hydrogens (tertiary/aromatic N) is 2. The Labute approximate surface area is 152 Å². The molecule has 25 heavy (non-hydrogen) atoms. The molecule has 0 unspecified atom stereocenters. The van der Waals surface area contributed by atoms with Gasteiger partial charge in [0, 0.05) is 36.1 Å². The maximum atomic E-state index is 6.08. The van der Waals surface area contributed by atoms with Crippen molar-refractivity contribution in [3.8, 4) is 22.7 Å². The van der Waals surface area contributed by atoms with E-state index in [0.717, 1.165) is 46.3 Å². The van der Waals surface area contributed by atoms with Gasteiger partial charge >= 0.3 is 0 Å². The lowest BCUT2D eigenvalue weighted by Gasteiger charge is -2.14. The number of ether oxygens (including phenoxy) is 2. The molecule has 0 fully saturated rings. The maximum Gasteiger partial charge on any atom is 0.144 e. The molecule has 0 saturated heterocycles. The number of halogens is 1. The predicted molar refractivity (Wildman–Crippen MR) is 98.8 cm³/mol. The van der Waals surface area contributed by atoms with Crippen molar-refractivity contribution >= 4 is 11.6 Å². The second kappa shape index (κ2) is 6.54. The van der Waals surface area contributed by atoms with Crippen LogP contribution in [0.1, 0.15) is 11.3 Å². The van der Waals surface area contributed by atoms with Gasteiger partial charge in [0.15, 0.2) is 0 Å². The first kappa shape index (κ1) is 16.2. The Morgan fingerprint density at radius 2 is 1.80 bits per heavy atom. The van der Waals surface area contributed by atoms with Crippen LogP contribution in [0.4, 0.5) is 0 Å². The summed E-state index contributed by atoms with van der Waals surface area (Å²) >= 11 is 6.08. The molecule has 0 N–H and O–H groups in total. The summed E-state index contributed by atoms with van der Waals surface area (Å²) < 4.78 is 13.1. The third-order valence-electron chi connectivity index (χ3n) is 4.68. The molecule has 1 aromatic heterocycles. The second-order valence-corrected chi connectivity index (χ2v) is 6.57. The summed E-state index contributed by atoms with van der Waals surface area (Å²) in [6.45, 7) is 0. The van der Waals surface area contributed by atoms with Gasteiger partial charge in [0.2, 0.25) is 0 Å². The number of aromatic nitrogens is 2. The molecule has 128 valence electrons. The third kappa shape index (κ3) is 2.81. The van der Waals surface area contributed by atoms with Gasteiger partial charge in [-0.2, -0.15) is 5.10 Å². The molecule has 4 nitrogen and oxygen atoms in total. The zero-order valence-corrected chi connectivity index (χ0v) is 15.0. The van der Waals surface area contributed by atoms with Crippen molar-refractivity contribution in [2.45, 2.75) is 18.9 Å². The number of hydrogen-bond acceptors (Lipinski definition) is 3. The van der Waals surface area contributed by atoms with Crippen LogP contribution in [0.25, 0.3) is 16.9 Å². The van der Waals surface area contributed by atoms with Crippen LogP contribution < -0.4 is 4.74 Å². The molecule has 4 rings (SSSR count). The minimum atomic E-state index is 0.191. The van der Waals surface area contributed by atoms with E-state index in [-0.39, 0.29) is 6.10 Å². The molecule has 0 saturated carbocycles. The van der Waals surface area contributed by atoms with Crippen molar-refractivity contribution < 1.29 is 9.47 Å². The SMILES string of the molecule is COc1ccccc1-n1nc2c(c1-c1ccc(Cl)cc1)C[C@@H](OC)C2. The van der Waals surface area contributed by atoms with E-state index >= 15 is 0 Å². The molecule has 0 amide bonds. The largest absolute Gasteiger partial charge is 0.494 e. The fourth-order valence-corrected chi connectivity index (χ4v) is 3.57. The van der Waals surface area contributed by atoms with Crippen molar-refractivity contribution in [2.75, 3.05) is 14.2 Å². The molecule has 2 aromatic carbocycles. The van der Waals surface area contributed by atoms with E-state index in [0.29, 0.717) is 0 Å². The van der Waals surface area contributed by atoms with Crippen LogP contribution in [0.2, 0.25) is 5.02 Å².